The number of aromatic amines is 1. The maximum atomic E-state index is 11.2. The summed E-state index contributed by atoms with van der Waals surface area (Å²) in [4.78, 5) is 18.0. The molecule has 2 aromatic rings. The van der Waals surface area contributed by atoms with Crippen LogP contribution in [0.3, 0.4) is 0 Å². The lowest BCUT2D eigenvalue weighted by Crippen LogP contribution is -2.08. The van der Waals surface area contributed by atoms with E-state index in [1.807, 2.05) is 18.2 Å². The molecule has 1 heterocycles. The summed E-state index contributed by atoms with van der Waals surface area (Å²) in [5, 5.41) is 0.658. The summed E-state index contributed by atoms with van der Waals surface area (Å²) in [6.07, 6.45) is 1.53. The van der Waals surface area contributed by atoms with Crippen LogP contribution in [0, 0.1) is 0 Å². The largest absolute Gasteiger partial charge is 0.301 e. The summed E-state index contributed by atoms with van der Waals surface area (Å²) >= 11 is 5.93. The van der Waals surface area contributed by atoms with E-state index < -0.39 is 0 Å². The van der Waals surface area contributed by atoms with E-state index in [-0.39, 0.29) is 5.56 Å². The molecule has 18 heavy (non-hydrogen) atoms. The maximum absolute atomic E-state index is 11.2. The Morgan fingerprint density at radius 3 is 2.72 bits per heavy atom. The molecule has 1 aromatic heterocycles. The van der Waals surface area contributed by atoms with Crippen LogP contribution < -0.4 is 5.56 Å². The molecule has 5 heteroatoms. The molecule has 0 fully saturated rings. The maximum Gasteiger partial charge on any atom is 0.251 e. The van der Waals surface area contributed by atoms with Crippen molar-refractivity contribution in [1.82, 2.24) is 9.97 Å². The van der Waals surface area contributed by atoms with E-state index in [1.54, 1.807) is 11.8 Å². The van der Waals surface area contributed by atoms with Gasteiger partial charge in [0.1, 0.15) is 0 Å². The number of thiol groups is 1. The molecule has 0 saturated carbocycles. The van der Waals surface area contributed by atoms with Crippen molar-refractivity contribution < 1.29 is 0 Å². The van der Waals surface area contributed by atoms with Crippen LogP contribution in [0.1, 0.15) is 11.5 Å². The molecule has 0 radical (unpaired) electrons. The van der Waals surface area contributed by atoms with Crippen molar-refractivity contribution in [2.75, 3.05) is 11.5 Å². The first kappa shape index (κ1) is 13.2. The van der Waals surface area contributed by atoms with Crippen LogP contribution >= 0.6 is 24.4 Å². The minimum atomic E-state index is -0.116. The average molecular weight is 278 g/mol. The first-order valence-corrected chi connectivity index (χ1v) is 7.25. The number of nitrogens with one attached hydrogen (secondary N) is 1. The van der Waals surface area contributed by atoms with Crippen molar-refractivity contribution in [3.05, 3.63) is 58.5 Å². The molecule has 0 aliphatic carbocycles. The Hall–Kier alpha value is -1.20. The lowest BCUT2D eigenvalue weighted by atomic mass is 10.0. The van der Waals surface area contributed by atoms with Gasteiger partial charge in [-0.2, -0.15) is 12.6 Å². The molecule has 94 valence electrons. The van der Waals surface area contributed by atoms with Crippen LogP contribution in [0.4, 0.5) is 0 Å². The fourth-order valence-corrected chi connectivity index (χ4v) is 3.08. The van der Waals surface area contributed by atoms with Crippen molar-refractivity contribution in [3.63, 3.8) is 0 Å². The minimum absolute atomic E-state index is 0.116. The third kappa shape index (κ3) is 3.65. The Kier molecular flexibility index (Phi) is 4.90. The van der Waals surface area contributed by atoms with Crippen LogP contribution in [0.15, 0.2) is 52.5 Å². The lowest BCUT2D eigenvalue weighted by Gasteiger charge is -2.13. The summed E-state index contributed by atoms with van der Waals surface area (Å²) in [5.74, 6) is 1.97. The van der Waals surface area contributed by atoms with E-state index in [0.717, 1.165) is 11.5 Å². The van der Waals surface area contributed by atoms with Crippen molar-refractivity contribution in [2.24, 2.45) is 0 Å². The summed E-state index contributed by atoms with van der Waals surface area (Å²) in [5.41, 5.74) is 1.15. The van der Waals surface area contributed by atoms with Crippen LogP contribution in [0.5, 0.6) is 0 Å². The third-order valence-corrected chi connectivity index (χ3v) is 4.05. The van der Waals surface area contributed by atoms with Gasteiger partial charge in [0.05, 0.1) is 0 Å². The summed E-state index contributed by atoms with van der Waals surface area (Å²) < 4.78 is 0. The number of hydrogen-bond donors (Lipinski definition) is 2. The lowest BCUT2D eigenvalue weighted by molar-refractivity contribution is 0.882. The summed E-state index contributed by atoms with van der Waals surface area (Å²) in [6.45, 7) is 0. The Morgan fingerprint density at radius 2 is 2.06 bits per heavy atom. The fourth-order valence-electron chi connectivity index (χ4n) is 1.58. The molecular weight excluding hydrogens is 264 g/mol. The van der Waals surface area contributed by atoms with Crippen molar-refractivity contribution in [2.45, 2.75) is 11.1 Å². The second-order valence-electron chi connectivity index (χ2n) is 3.84. The Balaban J connectivity index is 2.02. The molecule has 1 atom stereocenters. The molecule has 1 N–H and O–H groups in total. The Morgan fingerprint density at radius 1 is 1.28 bits per heavy atom. The van der Waals surface area contributed by atoms with E-state index in [2.05, 4.69) is 34.7 Å². The van der Waals surface area contributed by atoms with E-state index in [9.17, 15) is 4.79 Å². The van der Waals surface area contributed by atoms with E-state index in [0.29, 0.717) is 11.1 Å². The third-order valence-electron chi connectivity index (χ3n) is 2.56. The molecule has 0 bridgehead atoms. The Bertz CT molecular complexity index is 542. The zero-order valence-corrected chi connectivity index (χ0v) is 11.5. The van der Waals surface area contributed by atoms with Gasteiger partial charge in [-0.1, -0.05) is 42.1 Å². The van der Waals surface area contributed by atoms with Crippen LogP contribution in [0.2, 0.25) is 0 Å². The van der Waals surface area contributed by atoms with Gasteiger partial charge in [-0.05, 0) is 11.3 Å². The van der Waals surface area contributed by atoms with Gasteiger partial charge in [0, 0.05) is 23.9 Å². The number of rotatable bonds is 5. The number of benzene rings is 1. The van der Waals surface area contributed by atoms with Gasteiger partial charge < -0.3 is 4.98 Å². The van der Waals surface area contributed by atoms with Gasteiger partial charge in [0.15, 0.2) is 5.16 Å². The van der Waals surface area contributed by atoms with Gasteiger partial charge in [-0.15, -0.1) is 0 Å². The highest BCUT2D eigenvalue weighted by molar-refractivity contribution is 7.99. The smallest absolute Gasteiger partial charge is 0.251 e. The quantitative estimate of drug-likeness (QED) is 0.502. The minimum Gasteiger partial charge on any atom is -0.301 e. The summed E-state index contributed by atoms with van der Waals surface area (Å²) in [7, 11) is 0. The molecule has 0 amide bonds. The number of nitrogens with zero attached hydrogens (tertiary/aromatic N) is 1. The number of H-pyrrole nitrogens is 1. The number of aromatic nitrogens is 2. The number of hydrogen-bond acceptors (Lipinski definition) is 4. The molecule has 1 unspecified atom stereocenters. The number of thioether (sulfide) groups is 1. The Labute approximate surface area is 115 Å². The normalized spacial score (nSPS) is 12.3. The van der Waals surface area contributed by atoms with Gasteiger partial charge in [0.2, 0.25) is 0 Å². The molecule has 0 saturated heterocycles. The first-order chi connectivity index (χ1) is 8.79. The van der Waals surface area contributed by atoms with Crippen molar-refractivity contribution >= 4 is 24.4 Å². The molecular formula is C13H14N2OS2. The SMILES string of the molecule is O=c1ccnc(SCC(CS)c2ccccc2)[nH]1. The standard InChI is InChI=1S/C13H14N2OS2/c16-12-6-7-14-13(15-12)18-9-11(8-17)10-4-2-1-3-5-10/h1-7,11,17H,8-9H2,(H,14,15,16). The average Bonchev–Trinajstić information content (AvgIpc) is 2.41. The zero-order chi connectivity index (χ0) is 12.8. The first-order valence-electron chi connectivity index (χ1n) is 5.63. The predicted molar refractivity (Wildman–Crippen MR) is 78.6 cm³/mol. The van der Waals surface area contributed by atoms with Gasteiger partial charge in [-0.3, -0.25) is 4.79 Å². The second-order valence-corrected chi connectivity index (χ2v) is 5.21. The van der Waals surface area contributed by atoms with Gasteiger partial charge in [0.25, 0.3) is 5.56 Å². The van der Waals surface area contributed by atoms with Gasteiger partial charge in [-0.25, -0.2) is 4.98 Å². The van der Waals surface area contributed by atoms with E-state index in [1.165, 1.54) is 17.8 Å². The van der Waals surface area contributed by atoms with E-state index in [4.69, 9.17) is 0 Å². The molecule has 0 aliphatic heterocycles. The van der Waals surface area contributed by atoms with Crippen molar-refractivity contribution in [3.8, 4) is 0 Å². The molecule has 0 aliphatic rings. The zero-order valence-electron chi connectivity index (χ0n) is 9.74. The highest BCUT2D eigenvalue weighted by atomic mass is 32.2. The topological polar surface area (TPSA) is 45.8 Å². The summed E-state index contributed by atoms with van der Waals surface area (Å²) in [6, 6.07) is 11.7. The highest BCUT2D eigenvalue weighted by Crippen LogP contribution is 2.24. The van der Waals surface area contributed by atoms with Crippen molar-refractivity contribution in [1.29, 1.82) is 0 Å². The highest BCUT2D eigenvalue weighted by Gasteiger charge is 2.10. The monoisotopic (exact) mass is 278 g/mol. The fraction of sp³-hybridized carbons (Fsp3) is 0.231. The second kappa shape index (κ2) is 6.66. The predicted octanol–water partition coefficient (Wildman–Crippen LogP) is 2.58. The van der Waals surface area contributed by atoms with Gasteiger partial charge >= 0.3 is 0 Å². The van der Waals surface area contributed by atoms with Crippen LogP contribution in [0.25, 0.3) is 0 Å². The molecule has 3 nitrogen and oxygen atoms in total. The van der Waals surface area contributed by atoms with Crippen LogP contribution in [-0.4, -0.2) is 21.5 Å². The molecule has 0 spiro atoms. The molecule has 1 aromatic carbocycles. The van der Waals surface area contributed by atoms with E-state index >= 15 is 0 Å². The molecule has 2 rings (SSSR count). The van der Waals surface area contributed by atoms with Crippen LogP contribution in [-0.2, 0) is 0 Å².